The molecule has 1 unspecified atom stereocenters. The number of nitrogens with one attached hydrogen (secondary N) is 4. The van der Waals surface area contributed by atoms with Crippen molar-refractivity contribution in [3.63, 3.8) is 0 Å². The SMILES string of the molecule is CCCOC1(c2ccccc2C)CN(C(=O)C(Cc2ccc(OC)cc2)NC(=O)[C@@H](O)Cc2cnc[nH]2)C1.COc1ccc(C[C@@H](NC(=O)CCc2cnc[nH]2)C(=O)N2CC[C@H]2c2ccccc2CC2CC2)cc1. The Morgan fingerprint density at radius 1 is 0.757 bits per heavy atom. The van der Waals surface area contributed by atoms with Crippen molar-refractivity contribution >= 4 is 23.6 Å². The Hall–Kier alpha value is -7.30. The van der Waals surface area contributed by atoms with E-state index >= 15 is 0 Å². The third kappa shape index (κ3) is 13.6. The summed E-state index contributed by atoms with van der Waals surface area (Å²) in [6.07, 6.45) is 12.2. The van der Waals surface area contributed by atoms with Crippen molar-refractivity contribution in [2.45, 2.75) is 108 Å². The summed E-state index contributed by atoms with van der Waals surface area (Å²) < 4.78 is 16.8. The van der Waals surface area contributed by atoms with Crippen LogP contribution in [0.3, 0.4) is 0 Å². The number of carbonyl (C=O) groups excluding carboxylic acids is 4. The number of rotatable bonds is 23. The Morgan fingerprint density at radius 3 is 1.93 bits per heavy atom. The molecule has 4 heterocycles. The van der Waals surface area contributed by atoms with Crippen LogP contribution in [0.4, 0.5) is 0 Å². The Labute approximate surface area is 433 Å². The number of aliphatic hydroxyl groups excluding tert-OH is 1. The van der Waals surface area contributed by atoms with Gasteiger partial charge in [0, 0.05) is 62.6 Å². The zero-order chi connectivity index (χ0) is 52.0. The highest BCUT2D eigenvalue weighted by atomic mass is 16.5. The average Bonchev–Trinajstić information content (AvgIpc) is 3.77. The zero-order valence-electron chi connectivity index (χ0n) is 42.9. The molecule has 2 aromatic heterocycles. The van der Waals surface area contributed by atoms with Crippen LogP contribution in [0, 0.1) is 12.8 Å². The van der Waals surface area contributed by atoms with Gasteiger partial charge < -0.3 is 49.7 Å². The van der Waals surface area contributed by atoms with Gasteiger partial charge in [0.25, 0.3) is 0 Å². The first-order valence-electron chi connectivity index (χ1n) is 25.8. The van der Waals surface area contributed by atoms with Crippen molar-refractivity contribution in [3.8, 4) is 11.5 Å². The molecule has 6 aromatic rings. The summed E-state index contributed by atoms with van der Waals surface area (Å²) in [5, 5.41) is 16.3. The van der Waals surface area contributed by atoms with Crippen molar-refractivity contribution in [2.24, 2.45) is 5.92 Å². The predicted octanol–water partition coefficient (Wildman–Crippen LogP) is 6.53. The van der Waals surface area contributed by atoms with Crippen LogP contribution in [0.25, 0.3) is 0 Å². The number of carbonyl (C=O) groups is 4. The monoisotopic (exact) mass is 1010 g/mol. The summed E-state index contributed by atoms with van der Waals surface area (Å²) in [7, 11) is 3.22. The zero-order valence-corrected chi connectivity index (χ0v) is 42.9. The van der Waals surface area contributed by atoms with Crippen LogP contribution >= 0.6 is 0 Å². The van der Waals surface area contributed by atoms with Gasteiger partial charge in [-0.05, 0) is 109 Å². The summed E-state index contributed by atoms with van der Waals surface area (Å²) in [5.41, 5.74) is 7.60. The Kier molecular flexibility index (Phi) is 18.0. The van der Waals surface area contributed by atoms with E-state index in [0.29, 0.717) is 56.9 Å². The number of aryl methyl sites for hydroxylation is 2. The molecular formula is C58H70N8O8. The van der Waals surface area contributed by atoms with Crippen LogP contribution in [0.1, 0.15) is 89.8 Å². The van der Waals surface area contributed by atoms with Crippen molar-refractivity contribution in [3.05, 3.63) is 167 Å². The third-order valence-electron chi connectivity index (χ3n) is 14.2. The maximum Gasteiger partial charge on any atom is 0.249 e. The summed E-state index contributed by atoms with van der Waals surface area (Å²) in [6, 6.07) is 30.3. The molecule has 16 nitrogen and oxygen atoms in total. The average molecular weight is 1010 g/mol. The second-order valence-corrected chi connectivity index (χ2v) is 19.7. The van der Waals surface area contributed by atoms with E-state index in [9.17, 15) is 24.3 Å². The number of hydrogen-bond acceptors (Lipinski definition) is 10. The van der Waals surface area contributed by atoms with Gasteiger partial charge in [-0.2, -0.15) is 0 Å². The van der Waals surface area contributed by atoms with E-state index in [-0.39, 0.29) is 36.6 Å². The van der Waals surface area contributed by atoms with Gasteiger partial charge >= 0.3 is 0 Å². The molecule has 1 saturated carbocycles. The summed E-state index contributed by atoms with van der Waals surface area (Å²) in [4.78, 5) is 70.9. The molecule has 0 bridgehead atoms. The molecule has 16 heteroatoms. The molecular weight excluding hydrogens is 937 g/mol. The number of benzene rings is 4. The summed E-state index contributed by atoms with van der Waals surface area (Å²) in [5.74, 6) is 1.27. The van der Waals surface area contributed by atoms with E-state index in [1.165, 1.54) is 30.3 Å². The van der Waals surface area contributed by atoms with Crippen LogP contribution in [0.2, 0.25) is 0 Å². The van der Waals surface area contributed by atoms with Gasteiger partial charge in [0.1, 0.15) is 35.3 Å². The van der Waals surface area contributed by atoms with E-state index in [1.807, 2.05) is 78.6 Å². The van der Waals surface area contributed by atoms with Gasteiger partial charge in [0.05, 0.1) is 46.0 Å². The highest BCUT2D eigenvalue weighted by Crippen LogP contribution is 2.41. The Balaban J connectivity index is 0.000000197. The molecule has 74 heavy (non-hydrogen) atoms. The second-order valence-electron chi connectivity index (χ2n) is 19.7. The molecule has 0 radical (unpaired) electrons. The molecule has 3 aliphatic rings. The molecule has 3 fully saturated rings. The van der Waals surface area contributed by atoms with Crippen molar-refractivity contribution in [1.82, 2.24) is 40.4 Å². The number of nitrogens with zero attached hydrogens (tertiary/aromatic N) is 4. The molecule has 4 amide bonds. The standard InChI is InChI=1S/C29H36N4O5.C29H34N4O3/c1-4-13-38-29(24-8-6-5-7-20(24)2)17-33(18-29)28(36)25(14-21-9-11-23(37-3)12-10-21)32-27(35)26(34)15-22-16-30-19-31-22;1-36-24-11-8-21(9-12-24)17-26(32-28(34)13-10-23-18-30-19-31-23)29(35)33-15-14-27(33)25-5-3-2-4-22(25)16-20-6-7-20/h5-12,16,19,25-26,34H,4,13-15,17-18H2,1-3H3,(H,30,31)(H,32,35);2-5,8-9,11-12,18-20,26-27H,6-7,10,13-17H2,1H3,(H,30,31)(H,32,34)/t25?,26-;26-,27+/m01/s1. The highest BCUT2D eigenvalue weighted by molar-refractivity contribution is 5.90. The third-order valence-corrected chi connectivity index (χ3v) is 14.2. The molecule has 4 aromatic carbocycles. The van der Waals surface area contributed by atoms with Gasteiger partial charge in [-0.3, -0.25) is 19.2 Å². The number of H-pyrrole nitrogens is 2. The number of amides is 4. The number of likely N-dealkylation sites (tertiary alicyclic amines) is 2. The van der Waals surface area contributed by atoms with Gasteiger partial charge in [-0.25, -0.2) is 9.97 Å². The number of imidazole rings is 2. The van der Waals surface area contributed by atoms with Crippen LogP contribution in [-0.4, -0.2) is 117 Å². The fourth-order valence-electron chi connectivity index (χ4n) is 9.82. The lowest BCUT2D eigenvalue weighted by molar-refractivity contribution is -0.175. The normalized spacial score (nSPS) is 16.8. The van der Waals surface area contributed by atoms with E-state index in [0.717, 1.165) is 58.9 Å². The van der Waals surface area contributed by atoms with Gasteiger partial charge in [0.15, 0.2) is 0 Å². The Bertz CT molecular complexity index is 2760. The maximum absolute atomic E-state index is 13.8. The number of aliphatic hydroxyl groups is 1. The highest BCUT2D eigenvalue weighted by Gasteiger charge is 2.49. The van der Waals surface area contributed by atoms with E-state index < -0.39 is 29.7 Å². The minimum Gasteiger partial charge on any atom is -0.497 e. The summed E-state index contributed by atoms with van der Waals surface area (Å²) >= 11 is 0. The molecule has 5 N–H and O–H groups in total. The lowest BCUT2D eigenvalue weighted by Gasteiger charge is -2.51. The first kappa shape index (κ1) is 53.0. The van der Waals surface area contributed by atoms with Gasteiger partial charge in [-0.1, -0.05) is 79.7 Å². The maximum atomic E-state index is 13.8. The van der Waals surface area contributed by atoms with Crippen LogP contribution < -0.4 is 20.1 Å². The fraction of sp³-hybridized carbons (Fsp3) is 0.414. The largest absolute Gasteiger partial charge is 0.497 e. The molecule has 9 rings (SSSR count). The molecule has 390 valence electrons. The van der Waals surface area contributed by atoms with Gasteiger partial charge in [-0.15, -0.1) is 0 Å². The topological polar surface area (TPSA) is 204 Å². The number of methoxy groups -OCH3 is 2. The lowest BCUT2D eigenvalue weighted by Crippen LogP contribution is -2.66. The summed E-state index contributed by atoms with van der Waals surface area (Å²) in [6.45, 7) is 6.18. The van der Waals surface area contributed by atoms with Crippen LogP contribution in [0.15, 0.2) is 122 Å². The van der Waals surface area contributed by atoms with E-state index in [4.69, 9.17) is 14.2 Å². The van der Waals surface area contributed by atoms with Crippen molar-refractivity contribution in [1.29, 1.82) is 0 Å². The first-order chi connectivity index (χ1) is 35.9. The first-order valence-corrected chi connectivity index (χ1v) is 25.8. The number of ether oxygens (including phenoxy) is 3. The molecule has 2 saturated heterocycles. The molecule has 2 aliphatic heterocycles. The molecule has 4 atom stereocenters. The minimum atomic E-state index is -1.32. The van der Waals surface area contributed by atoms with Crippen molar-refractivity contribution in [2.75, 3.05) is 40.5 Å². The lowest BCUT2D eigenvalue weighted by atomic mass is 9.82. The van der Waals surface area contributed by atoms with E-state index in [1.54, 1.807) is 37.8 Å². The van der Waals surface area contributed by atoms with Crippen LogP contribution in [0.5, 0.6) is 11.5 Å². The number of hydrogen-bond donors (Lipinski definition) is 5. The minimum absolute atomic E-state index is 0.0156. The Morgan fingerprint density at radius 2 is 1.36 bits per heavy atom. The smallest absolute Gasteiger partial charge is 0.249 e. The second kappa shape index (κ2) is 25.1. The van der Waals surface area contributed by atoms with Crippen molar-refractivity contribution < 1.29 is 38.5 Å². The van der Waals surface area contributed by atoms with Gasteiger partial charge in [0.2, 0.25) is 23.6 Å². The quantitative estimate of drug-likeness (QED) is 0.0470. The number of aromatic nitrogens is 4. The number of aromatic amines is 2. The van der Waals surface area contributed by atoms with Crippen LogP contribution in [-0.2, 0) is 61.6 Å². The van der Waals surface area contributed by atoms with E-state index in [2.05, 4.69) is 67.8 Å². The molecule has 1 aliphatic carbocycles. The predicted molar refractivity (Wildman–Crippen MR) is 280 cm³/mol. The fourth-order valence-corrected chi connectivity index (χ4v) is 9.82. The molecule has 0 spiro atoms.